The minimum absolute atomic E-state index is 0.0781. The van der Waals surface area contributed by atoms with Crippen LogP contribution in [0, 0.1) is 0 Å². The van der Waals surface area contributed by atoms with Gasteiger partial charge in [0.25, 0.3) is 5.91 Å². The maximum atomic E-state index is 11.7. The number of anilines is 1. The maximum absolute atomic E-state index is 11.7. The molecular weight excluding hydrogens is 228 g/mol. The third-order valence-electron chi connectivity index (χ3n) is 2.31. The van der Waals surface area contributed by atoms with Crippen LogP contribution in [0.2, 0.25) is 5.02 Å². The van der Waals surface area contributed by atoms with Gasteiger partial charge in [-0.25, -0.2) is 0 Å². The van der Waals surface area contributed by atoms with Gasteiger partial charge in [-0.2, -0.15) is 0 Å². The van der Waals surface area contributed by atoms with Gasteiger partial charge in [-0.3, -0.25) is 4.79 Å². The lowest BCUT2D eigenvalue weighted by molar-refractivity contribution is 0.0915. The van der Waals surface area contributed by atoms with E-state index in [1.165, 1.54) is 6.07 Å². The molecule has 0 aromatic heterocycles. The number of nitrogens with one attached hydrogen (secondary N) is 1. The molecule has 5 heteroatoms. The third-order valence-corrected chi connectivity index (χ3v) is 2.65. The Morgan fingerprint density at radius 2 is 2.31 bits per heavy atom. The van der Waals surface area contributed by atoms with Crippen LogP contribution in [0.1, 0.15) is 23.7 Å². The molecule has 0 fully saturated rings. The predicted molar refractivity (Wildman–Crippen MR) is 64.5 cm³/mol. The topological polar surface area (TPSA) is 75.3 Å². The Morgan fingerprint density at radius 1 is 1.62 bits per heavy atom. The average Bonchev–Trinajstić information content (AvgIpc) is 2.29. The highest BCUT2D eigenvalue weighted by atomic mass is 35.5. The lowest BCUT2D eigenvalue weighted by Gasteiger charge is -2.14. The van der Waals surface area contributed by atoms with Crippen molar-refractivity contribution in [1.29, 1.82) is 0 Å². The van der Waals surface area contributed by atoms with E-state index in [0.717, 1.165) is 0 Å². The summed E-state index contributed by atoms with van der Waals surface area (Å²) in [5, 5.41) is 12.1. The Morgan fingerprint density at radius 3 is 2.81 bits per heavy atom. The smallest absolute Gasteiger partial charge is 0.251 e. The lowest BCUT2D eigenvalue weighted by atomic mass is 10.1. The molecule has 16 heavy (non-hydrogen) atoms. The molecule has 1 rings (SSSR count). The standard InChI is InChI=1S/C11H15ClN2O2/c1-2-8(6-15)14-11(16)7-3-4-9(12)10(13)5-7/h3-5,8,15H,2,6,13H2,1H3,(H,14,16). The highest BCUT2D eigenvalue weighted by molar-refractivity contribution is 6.33. The Kier molecular flexibility index (Phi) is 4.58. The van der Waals surface area contributed by atoms with Crippen LogP contribution in [0.3, 0.4) is 0 Å². The van der Waals surface area contributed by atoms with Gasteiger partial charge in [-0.1, -0.05) is 18.5 Å². The molecule has 1 aromatic carbocycles. The third kappa shape index (κ3) is 3.12. The van der Waals surface area contributed by atoms with E-state index in [1.807, 2.05) is 6.92 Å². The van der Waals surface area contributed by atoms with Crippen LogP contribution in [0.25, 0.3) is 0 Å². The Bertz CT molecular complexity index is 378. The average molecular weight is 243 g/mol. The van der Waals surface area contributed by atoms with Crippen molar-refractivity contribution in [2.45, 2.75) is 19.4 Å². The quantitative estimate of drug-likeness (QED) is 0.699. The zero-order valence-corrected chi connectivity index (χ0v) is 9.79. The van der Waals surface area contributed by atoms with Gasteiger partial charge in [0, 0.05) is 5.56 Å². The summed E-state index contributed by atoms with van der Waals surface area (Å²) >= 11 is 5.75. The molecule has 0 heterocycles. The van der Waals surface area contributed by atoms with Crippen molar-refractivity contribution in [3.8, 4) is 0 Å². The fourth-order valence-corrected chi connectivity index (χ4v) is 1.35. The van der Waals surface area contributed by atoms with Crippen molar-refractivity contribution >= 4 is 23.2 Å². The summed E-state index contributed by atoms with van der Waals surface area (Å²) in [7, 11) is 0. The molecule has 4 N–H and O–H groups in total. The molecular formula is C11H15ClN2O2. The van der Waals surface area contributed by atoms with Gasteiger partial charge in [0.2, 0.25) is 0 Å². The van der Waals surface area contributed by atoms with Crippen molar-refractivity contribution in [2.75, 3.05) is 12.3 Å². The van der Waals surface area contributed by atoms with Crippen LogP contribution in [-0.4, -0.2) is 23.7 Å². The number of hydrogen-bond donors (Lipinski definition) is 3. The van der Waals surface area contributed by atoms with Crippen molar-refractivity contribution in [3.05, 3.63) is 28.8 Å². The van der Waals surface area contributed by atoms with Crippen molar-refractivity contribution in [2.24, 2.45) is 0 Å². The molecule has 4 nitrogen and oxygen atoms in total. The largest absolute Gasteiger partial charge is 0.398 e. The summed E-state index contributed by atoms with van der Waals surface area (Å²) in [6, 6.07) is 4.45. The summed E-state index contributed by atoms with van der Waals surface area (Å²) in [4.78, 5) is 11.7. The SMILES string of the molecule is CCC(CO)NC(=O)c1ccc(Cl)c(N)c1. The summed E-state index contributed by atoms with van der Waals surface area (Å²) < 4.78 is 0. The molecule has 1 aromatic rings. The molecule has 88 valence electrons. The highest BCUT2D eigenvalue weighted by Crippen LogP contribution is 2.19. The minimum Gasteiger partial charge on any atom is -0.398 e. The first-order chi connectivity index (χ1) is 7.58. The molecule has 0 aliphatic heterocycles. The number of nitrogens with two attached hydrogens (primary N) is 1. The molecule has 1 amide bonds. The summed E-state index contributed by atoms with van der Waals surface area (Å²) in [5.41, 5.74) is 6.40. The van der Waals surface area contributed by atoms with E-state index >= 15 is 0 Å². The number of carbonyl (C=O) groups excluding carboxylic acids is 1. The minimum atomic E-state index is -0.260. The molecule has 0 bridgehead atoms. The van der Waals surface area contributed by atoms with E-state index in [9.17, 15) is 4.79 Å². The normalized spacial score (nSPS) is 12.2. The number of aliphatic hydroxyl groups is 1. The summed E-state index contributed by atoms with van der Waals surface area (Å²) in [6.45, 7) is 1.81. The molecule has 0 radical (unpaired) electrons. The van der Waals surface area contributed by atoms with Crippen molar-refractivity contribution in [1.82, 2.24) is 5.32 Å². The highest BCUT2D eigenvalue weighted by Gasteiger charge is 2.11. The van der Waals surface area contributed by atoms with E-state index in [-0.39, 0.29) is 18.6 Å². The van der Waals surface area contributed by atoms with Crippen LogP contribution in [0.4, 0.5) is 5.69 Å². The first kappa shape index (κ1) is 12.8. The Labute approximate surface area is 99.4 Å². The number of carbonyl (C=O) groups is 1. The van der Waals surface area contributed by atoms with Gasteiger partial charge in [0.05, 0.1) is 23.4 Å². The summed E-state index contributed by atoms with van der Waals surface area (Å²) in [6.07, 6.45) is 0.672. The molecule has 0 saturated carbocycles. The van der Waals surface area contributed by atoms with Crippen LogP contribution < -0.4 is 11.1 Å². The molecule has 0 spiro atoms. The van der Waals surface area contributed by atoms with Gasteiger partial charge in [0.15, 0.2) is 0 Å². The number of benzene rings is 1. The monoisotopic (exact) mass is 242 g/mol. The second-order valence-corrected chi connectivity index (χ2v) is 3.90. The zero-order valence-electron chi connectivity index (χ0n) is 9.03. The first-order valence-corrected chi connectivity index (χ1v) is 5.43. The van der Waals surface area contributed by atoms with Crippen molar-refractivity contribution < 1.29 is 9.90 Å². The van der Waals surface area contributed by atoms with Gasteiger partial charge in [0.1, 0.15) is 0 Å². The molecule has 1 atom stereocenters. The molecule has 1 unspecified atom stereocenters. The second-order valence-electron chi connectivity index (χ2n) is 3.50. The molecule has 0 saturated heterocycles. The number of rotatable bonds is 4. The fourth-order valence-electron chi connectivity index (χ4n) is 1.23. The number of amides is 1. The zero-order chi connectivity index (χ0) is 12.1. The van der Waals surface area contributed by atoms with E-state index in [4.69, 9.17) is 22.4 Å². The van der Waals surface area contributed by atoms with Crippen LogP contribution in [0.15, 0.2) is 18.2 Å². The van der Waals surface area contributed by atoms with E-state index in [1.54, 1.807) is 12.1 Å². The number of halogens is 1. The number of aliphatic hydroxyl groups excluding tert-OH is 1. The maximum Gasteiger partial charge on any atom is 0.251 e. The van der Waals surface area contributed by atoms with E-state index < -0.39 is 0 Å². The lowest BCUT2D eigenvalue weighted by Crippen LogP contribution is -2.36. The Hall–Kier alpha value is -1.26. The first-order valence-electron chi connectivity index (χ1n) is 5.05. The fraction of sp³-hybridized carbons (Fsp3) is 0.364. The van der Waals surface area contributed by atoms with Gasteiger partial charge < -0.3 is 16.2 Å². The van der Waals surface area contributed by atoms with Crippen molar-refractivity contribution in [3.63, 3.8) is 0 Å². The van der Waals surface area contributed by atoms with Crippen LogP contribution in [0.5, 0.6) is 0 Å². The van der Waals surface area contributed by atoms with E-state index in [2.05, 4.69) is 5.32 Å². The molecule has 0 aliphatic carbocycles. The van der Waals surface area contributed by atoms with Gasteiger partial charge in [-0.05, 0) is 24.6 Å². The Balaban J connectivity index is 2.76. The number of hydrogen-bond acceptors (Lipinski definition) is 3. The number of nitrogen functional groups attached to an aromatic ring is 1. The van der Waals surface area contributed by atoms with Gasteiger partial charge >= 0.3 is 0 Å². The molecule has 0 aliphatic rings. The van der Waals surface area contributed by atoms with E-state index in [0.29, 0.717) is 22.7 Å². The second kappa shape index (κ2) is 5.72. The van der Waals surface area contributed by atoms with Crippen LogP contribution in [-0.2, 0) is 0 Å². The summed E-state index contributed by atoms with van der Waals surface area (Å²) in [5.74, 6) is -0.260. The van der Waals surface area contributed by atoms with Gasteiger partial charge in [-0.15, -0.1) is 0 Å². The predicted octanol–water partition coefficient (Wildman–Crippen LogP) is 1.42. The van der Waals surface area contributed by atoms with Crippen LogP contribution >= 0.6 is 11.6 Å².